The van der Waals surface area contributed by atoms with Crippen LogP contribution in [0.25, 0.3) is 0 Å². The lowest BCUT2D eigenvalue weighted by Gasteiger charge is -2.15. The summed E-state index contributed by atoms with van der Waals surface area (Å²) in [6.07, 6.45) is 1.48. The molecule has 0 spiro atoms. The number of nitrogens with two attached hydrogens (primary N) is 1. The number of halogens is 1. The van der Waals surface area contributed by atoms with E-state index >= 15 is 0 Å². The molecular formula is C10H16ClN3O2. The number of aromatic nitrogens is 1. The number of anilines is 1. The molecule has 1 heterocycles. The second-order valence-corrected chi connectivity index (χ2v) is 3.63. The fourth-order valence-corrected chi connectivity index (χ4v) is 0.996. The van der Waals surface area contributed by atoms with E-state index in [1.807, 2.05) is 13.8 Å². The molecule has 1 atom stereocenters. The molecule has 4 N–H and O–H groups in total. The van der Waals surface area contributed by atoms with Gasteiger partial charge in [-0.25, -0.2) is 4.98 Å². The third-order valence-electron chi connectivity index (χ3n) is 2.05. The van der Waals surface area contributed by atoms with Gasteiger partial charge < -0.3 is 16.2 Å². The van der Waals surface area contributed by atoms with E-state index in [0.717, 1.165) is 0 Å². The van der Waals surface area contributed by atoms with Crippen LogP contribution in [0.4, 0.5) is 5.82 Å². The first kappa shape index (κ1) is 14.7. The molecule has 5 nitrogen and oxygen atoms in total. The second kappa shape index (κ2) is 6.30. The number of rotatable bonds is 3. The Kier molecular flexibility index (Phi) is 5.77. The molecule has 0 aliphatic rings. The number of pyridine rings is 1. The molecule has 0 radical (unpaired) electrons. The largest absolute Gasteiger partial charge is 0.504 e. The van der Waals surface area contributed by atoms with Crippen LogP contribution in [0.1, 0.15) is 13.8 Å². The highest BCUT2D eigenvalue weighted by atomic mass is 35.5. The Morgan fingerprint density at radius 3 is 2.69 bits per heavy atom. The molecule has 0 aliphatic carbocycles. The summed E-state index contributed by atoms with van der Waals surface area (Å²) in [6, 6.07) is 2.42. The summed E-state index contributed by atoms with van der Waals surface area (Å²) in [4.78, 5) is 15.3. The van der Waals surface area contributed by atoms with Crippen LogP contribution < -0.4 is 11.1 Å². The van der Waals surface area contributed by atoms with Crippen molar-refractivity contribution in [3.05, 3.63) is 18.3 Å². The predicted octanol–water partition coefficient (Wildman–Crippen LogP) is 1.13. The maximum absolute atomic E-state index is 11.5. The third kappa shape index (κ3) is 3.67. The lowest BCUT2D eigenvalue weighted by molar-refractivity contribution is -0.118. The van der Waals surface area contributed by atoms with Crippen LogP contribution in [0.5, 0.6) is 5.75 Å². The summed E-state index contributed by atoms with van der Waals surface area (Å²) < 4.78 is 0. The molecule has 0 saturated carbocycles. The summed E-state index contributed by atoms with van der Waals surface area (Å²) in [5.41, 5.74) is 5.64. The lowest BCUT2D eigenvalue weighted by atomic mass is 10.1. The number of hydrogen-bond donors (Lipinski definition) is 3. The molecule has 1 rings (SSSR count). The Morgan fingerprint density at radius 2 is 2.19 bits per heavy atom. The number of amides is 1. The minimum Gasteiger partial charge on any atom is -0.504 e. The van der Waals surface area contributed by atoms with Crippen molar-refractivity contribution in [1.82, 2.24) is 4.98 Å². The first-order chi connectivity index (χ1) is 7.02. The van der Waals surface area contributed by atoms with Gasteiger partial charge in [-0.15, -0.1) is 12.4 Å². The third-order valence-corrected chi connectivity index (χ3v) is 2.05. The smallest absolute Gasteiger partial charge is 0.242 e. The van der Waals surface area contributed by atoms with Gasteiger partial charge in [0.15, 0.2) is 11.6 Å². The number of nitrogens with zero attached hydrogens (tertiary/aromatic N) is 1. The molecule has 1 aromatic heterocycles. The molecule has 0 saturated heterocycles. The van der Waals surface area contributed by atoms with Gasteiger partial charge in [0.1, 0.15) is 0 Å². The van der Waals surface area contributed by atoms with Crippen LogP contribution in [0, 0.1) is 5.92 Å². The van der Waals surface area contributed by atoms with Crippen LogP contribution in [-0.2, 0) is 4.79 Å². The Bertz CT molecular complexity index is 358. The molecule has 90 valence electrons. The van der Waals surface area contributed by atoms with Gasteiger partial charge >= 0.3 is 0 Å². The van der Waals surface area contributed by atoms with E-state index in [1.54, 1.807) is 6.07 Å². The fraction of sp³-hybridized carbons (Fsp3) is 0.400. The van der Waals surface area contributed by atoms with Crippen LogP contribution >= 0.6 is 12.4 Å². The highest BCUT2D eigenvalue weighted by Crippen LogP contribution is 2.18. The van der Waals surface area contributed by atoms with E-state index in [4.69, 9.17) is 5.73 Å². The minimum absolute atomic E-state index is 0. The zero-order valence-corrected chi connectivity index (χ0v) is 9.99. The maximum Gasteiger partial charge on any atom is 0.242 e. The molecule has 0 unspecified atom stereocenters. The summed E-state index contributed by atoms with van der Waals surface area (Å²) >= 11 is 0. The van der Waals surface area contributed by atoms with Crippen molar-refractivity contribution in [3.63, 3.8) is 0 Å². The van der Waals surface area contributed by atoms with Gasteiger partial charge in [-0.2, -0.15) is 0 Å². The van der Waals surface area contributed by atoms with E-state index in [1.165, 1.54) is 12.3 Å². The summed E-state index contributed by atoms with van der Waals surface area (Å²) in [6.45, 7) is 3.70. The summed E-state index contributed by atoms with van der Waals surface area (Å²) in [5, 5.41) is 11.8. The number of hydrogen-bond acceptors (Lipinski definition) is 4. The van der Waals surface area contributed by atoms with Crippen molar-refractivity contribution < 1.29 is 9.90 Å². The Morgan fingerprint density at radius 1 is 1.56 bits per heavy atom. The van der Waals surface area contributed by atoms with Crippen LogP contribution in [0.15, 0.2) is 18.3 Å². The van der Waals surface area contributed by atoms with Crippen LogP contribution in [0.2, 0.25) is 0 Å². The molecule has 1 amide bonds. The van der Waals surface area contributed by atoms with Crippen LogP contribution in [0.3, 0.4) is 0 Å². The standard InChI is InChI=1S/C10H15N3O2.ClH/c1-6(2)8(11)10(15)13-9-7(14)4-3-5-12-9;/h3-6,8,14H,11H2,1-2H3,(H,12,13,15);1H/t8-;/m0./s1. The fourth-order valence-electron chi connectivity index (χ4n) is 0.996. The van der Waals surface area contributed by atoms with E-state index in [0.29, 0.717) is 0 Å². The van der Waals surface area contributed by atoms with E-state index < -0.39 is 6.04 Å². The quantitative estimate of drug-likeness (QED) is 0.745. The van der Waals surface area contributed by atoms with Crippen molar-refractivity contribution >= 4 is 24.1 Å². The normalized spacial score (nSPS) is 11.8. The number of carbonyl (C=O) groups excluding carboxylic acids is 1. The molecule has 16 heavy (non-hydrogen) atoms. The van der Waals surface area contributed by atoms with Gasteiger partial charge in [0, 0.05) is 6.20 Å². The van der Waals surface area contributed by atoms with Gasteiger partial charge in [0.2, 0.25) is 5.91 Å². The molecular weight excluding hydrogens is 230 g/mol. The Hall–Kier alpha value is -1.33. The topological polar surface area (TPSA) is 88.2 Å². The van der Waals surface area contributed by atoms with E-state index in [9.17, 15) is 9.90 Å². The van der Waals surface area contributed by atoms with Gasteiger partial charge in [-0.05, 0) is 18.1 Å². The predicted molar refractivity (Wildman–Crippen MR) is 64.6 cm³/mol. The van der Waals surface area contributed by atoms with Crippen molar-refractivity contribution in [2.24, 2.45) is 11.7 Å². The first-order valence-electron chi connectivity index (χ1n) is 4.72. The molecule has 0 aliphatic heterocycles. The van der Waals surface area contributed by atoms with Crippen molar-refractivity contribution in [1.29, 1.82) is 0 Å². The average molecular weight is 246 g/mol. The highest BCUT2D eigenvalue weighted by molar-refractivity contribution is 5.95. The molecule has 1 aromatic rings. The van der Waals surface area contributed by atoms with Crippen molar-refractivity contribution in [2.75, 3.05) is 5.32 Å². The number of nitrogens with one attached hydrogen (secondary N) is 1. The number of aromatic hydroxyl groups is 1. The van der Waals surface area contributed by atoms with Crippen molar-refractivity contribution in [2.45, 2.75) is 19.9 Å². The maximum atomic E-state index is 11.5. The SMILES string of the molecule is CC(C)[C@H](N)C(=O)Nc1ncccc1O.Cl. The first-order valence-corrected chi connectivity index (χ1v) is 4.72. The Labute approximate surface area is 100 Å². The summed E-state index contributed by atoms with van der Waals surface area (Å²) in [5.74, 6) is -0.240. The van der Waals surface area contributed by atoms with Crippen molar-refractivity contribution in [3.8, 4) is 5.75 Å². The lowest BCUT2D eigenvalue weighted by Crippen LogP contribution is -2.39. The van der Waals surface area contributed by atoms with Gasteiger partial charge in [0.05, 0.1) is 6.04 Å². The van der Waals surface area contributed by atoms with Gasteiger partial charge in [-0.3, -0.25) is 4.79 Å². The van der Waals surface area contributed by atoms with Crippen LogP contribution in [-0.4, -0.2) is 22.0 Å². The molecule has 0 fully saturated rings. The van der Waals surface area contributed by atoms with Gasteiger partial charge in [0.25, 0.3) is 0 Å². The number of carbonyl (C=O) groups is 1. The minimum atomic E-state index is -0.605. The molecule has 6 heteroatoms. The molecule has 0 aromatic carbocycles. The zero-order chi connectivity index (χ0) is 11.4. The van der Waals surface area contributed by atoms with Gasteiger partial charge in [-0.1, -0.05) is 13.8 Å². The Balaban J connectivity index is 0.00000225. The summed E-state index contributed by atoms with van der Waals surface area (Å²) in [7, 11) is 0. The van der Waals surface area contributed by atoms with E-state index in [-0.39, 0.29) is 35.8 Å². The monoisotopic (exact) mass is 245 g/mol. The highest BCUT2D eigenvalue weighted by Gasteiger charge is 2.18. The zero-order valence-electron chi connectivity index (χ0n) is 9.18. The average Bonchev–Trinajstić information content (AvgIpc) is 2.20. The van der Waals surface area contributed by atoms with E-state index in [2.05, 4.69) is 10.3 Å². The second-order valence-electron chi connectivity index (χ2n) is 3.63. The molecule has 0 bridgehead atoms.